The molecule has 5 nitrogen and oxygen atoms in total. The van der Waals surface area contributed by atoms with Gasteiger partial charge in [-0.05, 0) is 63.2 Å². The molecule has 3 aromatic rings. The molecule has 2 aromatic carbocycles. The number of nitrogens with one attached hydrogen (secondary N) is 2. The van der Waals surface area contributed by atoms with Crippen LogP contribution in [0.25, 0.3) is 11.3 Å². The predicted molar refractivity (Wildman–Crippen MR) is 136 cm³/mol. The number of ether oxygens (including phenoxy) is 1. The molecule has 12 heteroatoms. The van der Waals surface area contributed by atoms with Crippen LogP contribution >= 0.6 is 11.8 Å². The minimum Gasteiger partial charge on any atom is -0.474 e. The Hall–Kier alpha value is -3.41. The van der Waals surface area contributed by atoms with Crippen molar-refractivity contribution in [3.05, 3.63) is 83.6 Å². The van der Waals surface area contributed by atoms with Crippen LogP contribution in [0, 0.1) is 17.5 Å². The first-order valence-electron chi connectivity index (χ1n) is 11.4. The molecule has 38 heavy (non-hydrogen) atoms. The summed E-state index contributed by atoms with van der Waals surface area (Å²) in [6.07, 6.45) is -3.87. The molecular weight excluding hydrogens is 530 g/mol. The third kappa shape index (κ3) is 8.57. The van der Waals surface area contributed by atoms with Gasteiger partial charge in [0, 0.05) is 35.4 Å². The van der Waals surface area contributed by atoms with E-state index in [9.17, 15) is 26.3 Å². The smallest absolute Gasteiger partial charge is 0.416 e. The van der Waals surface area contributed by atoms with Gasteiger partial charge in [-0.25, -0.2) is 23.1 Å². The van der Waals surface area contributed by atoms with Crippen LogP contribution in [0.3, 0.4) is 0 Å². The highest BCUT2D eigenvalue weighted by Crippen LogP contribution is 2.34. The van der Waals surface area contributed by atoms with Crippen LogP contribution in [-0.4, -0.2) is 27.9 Å². The van der Waals surface area contributed by atoms with Gasteiger partial charge in [-0.15, -0.1) is 0 Å². The van der Waals surface area contributed by atoms with E-state index in [0.717, 1.165) is 30.5 Å². The molecule has 0 fully saturated rings. The molecule has 2 N–H and O–H groups in total. The number of thioether (sulfide) groups is 1. The molecule has 0 amide bonds. The molecular formula is C26H26F6N4OS. The molecule has 0 bridgehead atoms. The summed E-state index contributed by atoms with van der Waals surface area (Å²) in [6, 6.07) is 5.92. The highest BCUT2D eigenvalue weighted by atomic mass is 32.2. The molecule has 0 atom stereocenters. The van der Waals surface area contributed by atoms with Gasteiger partial charge in [-0.3, -0.25) is 0 Å². The first-order valence-corrected chi connectivity index (χ1v) is 12.5. The zero-order valence-electron chi connectivity index (χ0n) is 20.8. The van der Waals surface area contributed by atoms with E-state index in [-0.39, 0.29) is 23.0 Å². The fourth-order valence-electron chi connectivity index (χ4n) is 3.30. The Balaban J connectivity index is 1.74. The first kappa shape index (κ1) is 29.2. The van der Waals surface area contributed by atoms with Crippen molar-refractivity contribution in [2.75, 3.05) is 17.6 Å². The Morgan fingerprint density at radius 1 is 1.03 bits per heavy atom. The highest BCUT2D eigenvalue weighted by Gasteiger charge is 2.31. The maximum Gasteiger partial charge on any atom is 0.416 e. The van der Waals surface area contributed by atoms with Crippen LogP contribution in [-0.2, 0) is 16.7 Å². The van der Waals surface area contributed by atoms with Crippen molar-refractivity contribution in [3.63, 3.8) is 0 Å². The third-order valence-electron chi connectivity index (χ3n) is 4.77. The monoisotopic (exact) mass is 556 g/mol. The van der Waals surface area contributed by atoms with E-state index in [1.54, 1.807) is 0 Å². The summed E-state index contributed by atoms with van der Waals surface area (Å²) < 4.78 is 87.9. The summed E-state index contributed by atoms with van der Waals surface area (Å²) in [7, 11) is 0. The lowest BCUT2D eigenvalue weighted by Gasteiger charge is -2.23. The van der Waals surface area contributed by atoms with Crippen LogP contribution in [0.2, 0.25) is 0 Å². The molecule has 0 aliphatic heterocycles. The summed E-state index contributed by atoms with van der Waals surface area (Å²) in [5, 5.41) is 5.64. The average Bonchev–Trinajstić information content (AvgIpc) is 2.78. The lowest BCUT2D eigenvalue weighted by molar-refractivity contribution is -0.137. The minimum atomic E-state index is -4.62. The molecule has 0 spiro atoms. The number of hydrogen-bond acceptors (Lipinski definition) is 6. The standard InChI is InChI=1S/C26H26F6N4OS/c1-15(37-25(2,3)4)33-7-8-38-14-16-9-17(26(30,31)32)11-19(10-16)35-24-34-13-22(29)23(36-24)20-6-5-18(27)12-21(20)28/h5-6,9-13,33H,1,7-8,14H2,2-4H3,(H,34,35,36). The molecule has 0 aliphatic rings. The quantitative estimate of drug-likeness (QED) is 0.154. The second kappa shape index (κ2) is 12.0. The topological polar surface area (TPSA) is 59.1 Å². The Bertz CT molecular complexity index is 1290. The molecule has 204 valence electrons. The summed E-state index contributed by atoms with van der Waals surface area (Å²) in [4.78, 5) is 7.65. The molecule has 3 rings (SSSR count). The zero-order valence-corrected chi connectivity index (χ0v) is 21.7. The van der Waals surface area contributed by atoms with Gasteiger partial charge in [0.1, 0.15) is 22.9 Å². The zero-order chi connectivity index (χ0) is 28.1. The molecule has 1 aromatic heterocycles. The molecule has 0 radical (unpaired) electrons. The van der Waals surface area contributed by atoms with Gasteiger partial charge in [0.15, 0.2) is 11.7 Å². The van der Waals surface area contributed by atoms with Crippen LogP contribution < -0.4 is 10.6 Å². The fraction of sp³-hybridized carbons (Fsp3) is 0.308. The largest absolute Gasteiger partial charge is 0.474 e. The van der Waals surface area contributed by atoms with E-state index >= 15 is 0 Å². The van der Waals surface area contributed by atoms with Crippen molar-refractivity contribution in [1.82, 2.24) is 15.3 Å². The van der Waals surface area contributed by atoms with E-state index in [1.165, 1.54) is 17.8 Å². The van der Waals surface area contributed by atoms with Gasteiger partial charge >= 0.3 is 6.18 Å². The van der Waals surface area contributed by atoms with E-state index in [4.69, 9.17) is 4.74 Å². The maximum absolute atomic E-state index is 14.3. The van der Waals surface area contributed by atoms with Gasteiger partial charge in [-0.2, -0.15) is 24.9 Å². The number of halogens is 6. The average molecular weight is 557 g/mol. The lowest BCUT2D eigenvalue weighted by Crippen LogP contribution is -2.26. The van der Waals surface area contributed by atoms with Gasteiger partial charge < -0.3 is 15.4 Å². The SMILES string of the molecule is C=C(NCCSCc1cc(Nc2ncc(F)c(-c3ccc(F)cc3F)n2)cc(C(F)(F)F)c1)OC(C)(C)C. The van der Waals surface area contributed by atoms with Crippen LogP contribution in [0.1, 0.15) is 31.9 Å². The van der Waals surface area contributed by atoms with Crippen molar-refractivity contribution < 1.29 is 31.1 Å². The molecule has 0 saturated carbocycles. The summed E-state index contributed by atoms with van der Waals surface area (Å²) in [6.45, 7) is 9.92. The second-order valence-electron chi connectivity index (χ2n) is 9.17. The molecule has 0 unspecified atom stereocenters. The van der Waals surface area contributed by atoms with Gasteiger partial charge in [0.25, 0.3) is 0 Å². The second-order valence-corrected chi connectivity index (χ2v) is 10.3. The minimum absolute atomic E-state index is 0.0117. The Kier molecular flexibility index (Phi) is 9.18. The number of nitrogens with zero attached hydrogens (tertiary/aromatic N) is 2. The Morgan fingerprint density at radius 3 is 2.42 bits per heavy atom. The number of alkyl halides is 3. The first-order chi connectivity index (χ1) is 17.7. The van der Waals surface area contributed by atoms with Gasteiger partial charge in [0.2, 0.25) is 5.95 Å². The van der Waals surface area contributed by atoms with Crippen molar-refractivity contribution >= 4 is 23.4 Å². The van der Waals surface area contributed by atoms with Crippen LogP contribution in [0.4, 0.5) is 38.0 Å². The van der Waals surface area contributed by atoms with E-state index in [0.29, 0.717) is 29.8 Å². The van der Waals surface area contributed by atoms with Gasteiger partial charge in [-0.1, -0.05) is 0 Å². The number of benzene rings is 2. The number of anilines is 2. The van der Waals surface area contributed by atoms with E-state index in [1.807, 2.05) is 20.8 Å². The number of hydrogen-bond donors (Lipinski definition) is 2. The normalized spacial score (nSPS) is 11.8. The summed E-state index contributed by atoms with van der Waals surface area (Å²) >= 11 is 1.40. The maximum atomic E-state index is 14.3. The third-order valence-corrected chi connectivity index (χ3v) is 5.80. The fourth-order valence-corrected chi connectivity index (χ4v) is 4.09. The Morgan fingerprint density at radius 2 is 1.76 bits per heavy atom. The van der Waals surface area contributed by atoms with Crippen molar-refractivity contribution in [3.8, 4) is 11.3 Å². The molecule has 0 aliphatic carbocycles. The van der Waals surface area contributed by atoms with Crippen LogP contribution in [0.5, 0.6) is 0 Å². The van der Waals surface area contributed by atoms with Crippen molar-refractivity contribution in [2.24, 2.45) is 0 Å². The lowest BCUT2D eigenvalue weighted by atomic mass is 10.1. The highest BCUT2D eigenvalue weighted by molar-refractivity contribution is 7.98. The predicted octanol–water partition coefficient (Wildman–Crippen LogP) is 7.43. The van der Waals surface area contributed by atoms with Gasteiger partial charge in [0.05, 0.1) is 11.8 Å². The van der Waals surface area contributed by atoms with Crippen molar-refractivity contribution in [2.45, 2.75) is 38.3 Å². The van der Waals surface area contributed by atoms with E-state index in [2.05, 4.69) is 27.2 Å². The van der Waals surface area contributed by atoms with Crippen molar-refractivity contribution in [1.29, 1.82) is 0 Å². The summed E-state index contributed by atoms with van der Waals surface area (Å²) in [5.41, 5.74) is -1.69. The van der Waals surface area contributed by atoms with E-state index < -0.39 is 40.5 Å². The number of rotatable bonds is 10. The molecule has 1 heterocycles. The molecule has 0 saturated heterocycles. The Labute approximate surface area is 220 Å². The number of aromatic nitrogens is 2. The summed E-state index contributed by atoms with van der Waals surface area (Å²) in [5.74, 6) is -1.90. The van der Waals surface area contributed by atoms with Crippen LogP contribution in [0.15, 0.2) is 55.1 Å².